The fourth-order valence-electron chi connectivity index (χ4n) is 9.64. The lowest BCUT2D eigenvalue weighted by Crippen LogP contribution is -2.15. The summed E-state index contributed by atoms with van der Waals surface area (Å²) in [6.07, 6.45) is 9.61. The molecule has 288 valence electrons. The van der Waals surface area contributed by atoms with E-state index >= 15 is 0 Å². The predicted octanol–water partition coefficient (Wildman–Crippen LogP) is 10.1. The molecule has 6 aliphatic carbocycles. The first-order valence-electron chi connectivity index (χ1n) is 19.4. The third-order valence-electron chi connectivity index (χ3n) is 12.5. The van der Waals surface area contributed by atoms with Crippen LogP contribution in [-0.2, 0) is 12.8 Å². The second-order valence-corrected chi connectivity index (χ2v) is 15.1. The molecule has 0 N–H and O–H groups in total. The predicted molar refractivity (Wildman–Crippen MR) is 212 cm³/mol. The Morgan fingerprint density at radius 3 is 0.630 bits per heavy atom. The quantitative estimate of drug-likeness (QED) is 0.177. The van der Waals surface area contributed by atoms with Crippen molar-refractivity contribution in [2.24, 2.45) is 0 Å². The van der Waals surface area contributed by atoms with Gasteiger partial charge in [0.1, 0.15) is 46.0 Å². The van der Waals surface area contributed by atoms with Crippen molar-refractivity contribution in [1.82, 2.24) is 0 Å². The number of benzene rings is 4. The molecular formula is C46H56O8. The summed E-state index contributed by atoms with van der Waals surface area (Å²) in [4.78, 5) is 0. The maximum Gasteiger partial charge on any atom is 0.126 e. The van der Waals surface area contributed by atoms with E-state index in [0.29, 0.717) is 36.5 Å². The normalized spacial score (nSPS) is 20.6. The largest absolute Gasteiger partial charge is 0.496 e. The average Bonchev–Trinajstić information content (AvgIpc) is 3.22. The average molecular weight is 737 g/mol. The van der Waals surface area contributed by atoms with E-state index < -0.39 is 0 Å². The van der Waals surface area contributed by atoms with E-state index in [0.717, 1.165) is 120 Å². The smallest absolute Gasteiger partial charge is 0.126 e. The van der Waals surface area contributed by atoms with Gasteiger partial charge in [0.05, 0.1) is 56.9 Å². The summed E-state index contributed by atoms with van der Waals surface area (Å²) in [6.45, 7) is 0. The molecule has 0 aromatic heterocycles. The molecule has 8 heteroatoms. The van der Waals surface area contributed by atoms with E-state index in [9.17, 15) is 0 Å². The van der Waals surface area contributed by atoms with Crippen LogP contribution in [0, 0.1) is 0 Å². The molecule has 0 aliphatic heterocycles. The van der Waals surface area contributed by atoms with E-state index in [-0.39, 0.29) is 0 Å². The fourth-order valence-corrected chi connectivity index (χ4v) is 9.64. The van der Waals surface area contributed by atoms with Crippen molar-refractivity contribution in [3.8, 4) is 46.0 Å². The van der Waals surface area contributed by atoms with Crippen LogP contribution in [0.15, 0.2) is 48.5 Å². The Bertz CT molecular complexity index is 1670. The molecule has 0 heterocycles. The van der Waals surface area contributed by atoms with Crippen molar-refractivity contribution in [2.75, 3.05) is 56.9 Å². The highest BCUT2D eigenvalue weighted by Gasteiger charge is 2.32. The number of rotatable bonds is 8. The van der Waals surface area contributed by atoms with E-state index in [1.165, 1.54) is 22.3 Å². The summed E-state index contributed by atoms with van der Waals surface area (Å²) >= 11 is 0. The number of ether oxygens (including phenoxy) is 8. The van der Waals surface area contributed by atoms with Crippen LogP contribution in [0.5, 0.6) is 46.0 Å². The van der Waals surface area contributed by atoms with Gasteiger partial charge in [0.25, 0.3) is 0 Å². The van der Waals surface area contributed by atoms with Crippen LogP contribution in [0.25, 0.3) is 0 Å². The molecular weight excluding hydrogens is 680 g/mol. The molecule has 0 spiro atoms. The Hall–Kier alpha value is -4.72. The summed E-state index contributed by atoms with van der Waals surface area (Å²) < 4.78 is 48.1. The molecule has 2 fully saturated rings. The van der Waals surface area contributed by atoms with Gasteiger partial charge in [-0.1, -0.05) is 0 Å². The SMILES string of the molecule is COc1cc(OC)c2cc1Cc1cc(c(OC)cc1OC)[C@H]1CC[C@H](CC1)c1cc(c(OC)cc1OC)Cc1cc(c(OC)cc1OC)[C@H]1CC[C@@H]2CC1. The Balaban J connectivity index is 1.38. The third kappa shape index (κ3) is 7.12. The Labute approximate surface area is 321 Å². The number of hydrogen-bond donors (Lipinski definition) is 0. The highest BCUT2D eigenvalue weighted by Crippen LogP contribution is 2.50. The molecule has 4 aromatic rings. The minimum atomic E-state index is 0.355. The van der Waals surface area contributed by atoms with Gasteiger partial charge < -0.3 is 37.9 Å². The van der Waals surface area contributed by atoms with E-state index in [1.54, 1.807) is 56.9 Å². The third-order valence-corrected chi connectivity index (χ3v) is 12.5. The lowest BCUT2D eigenvalue weighted by atomic mass is 9.74. The van der Waals surface area contributed by atoms with Crippen molar-refractivity contribution in [3.63, 3.8) is 0 Å². The van der Waals surface area contributed by atoms with Gasteiger partial charge in [-0.3, -0.25) is 0 Å². The maximum atomic E-state index is 6.03. The first-order chi connectivity index (χ1) is 26.4. The van der Waals surface area contributed by atoms with Gasteiger partial charge in [0.15, 0.2) is 0 Å². The lowest BCUT2D eigenvalue weighted by molar-refractivity contribution is 0.349. The van der Waals surface area contributed by atoms with Crippen molar-refractivity contribution in [1.29, 1.82) is 0 Å². The number of hydrogen-bond acceptors (Lipinski definition) is 8. The molecule has 0 radical (unpaired) electrons. The molecule has 10 rings (SSSR count). The molecule has 12 bridgehead atoms. The molecule has 0 atom stereocenters. The zero-order chi connectivity index (χ0) is 37.9. The summed E-state index contributed by atoms with van der Waals surface area (Å²) in [6, 6.07) is 17.6. The second-order valence-electron chi connectivity index (χ2n) is 15.1. The van der Waals surface area contributed by atoms with Crippen molar-refractivity contribution < 1.29 is 37.9 Å². The lowest BCUT2D eigenvalue weighted by Gasteiger charge is -2.32. The van der Waals surface area contributed by atoms with Crippen LogP contribution in [0.1, 0.15) is 120 Å². The zero-order valence-electron chi connectivity index (χ0n) is 33.3. The Kier molecular flexibility index (Phi) is 11.4. The first kappa shape index (κ1) is 37.6. The van der Waals surface area contributed by atoms with Crippen LogP contribution in [0.4, 0.5) is 0 Å². The molecule has 0 saturated heterocycles. The molecule has 54 heavy (non-hydrogen) atoms. The zero-order valence-corrected chi connectivity index (χ0v) is 33.3. The Morgan fingerprint density at radius 1 is 0.278 bits per heavy atom. The van der Waals surface area contributed by atoms with Gasteiger partial charge in [0, 0.05) is 37.1 Å². The van der Waals surface area contributed by atoms with Gasteiger partial charge in [-0.05, 0) is 144 Å². The van der Waals surface area contributed by atoms with Crippen LogP contribution in [0.3, 0.4) is 0 Å². The minimum absolute atomic E-state index is 0.355. The van der Waals surface area contributed by atoms with E-state index in [2.05, 4.69) is 48.5 Å². The highest BCUT2D eigenvalue weighted by atomic mass is 16.5. The molecule has 4 aromatic carbocycles. The fraction of sp³-hybridized carbons (Fsp3) is 0.478. The van der Waals surface area contributed by atoms with Crippen LogP contribution in [-0.4, -0.2) is 56.9 Å². The summed E-state index contributed by atoms with van der Waals surface area (Å²) in [7, 11) is 14.0. The Morgan fingerprint density at radius 2 is 0.463 bits per heavy atom. The summed E-state index contributed by atoms with van der Waals surface area (Å²) in [5.74, 6) is 8.22. The van der Waals surface area contributed by atoms with Gasteiger partial charge in [-0.15, -0.1) is 0 Å². The van der Waals surface area contributed by atoms with E-state index in [1.807, 2.05) is 0 Å². The van der Waals surface area contributed by atoms with Gasteiger partial charge in [-0.2, -0.15) is 0 Å². The van der Waals surface area contributed by atoms with Gasteiger partial charge in [-0.25, -0.2) is 0 Å². The summed E-state index contributed by atoms with van der Waals surface area (Å²) in [5, 5.41) is 0. The van der Waals surface area contributed by atoms with Crippen LogP contribution < -0.4 is 37.9 Å². The van der Waals surface area contributed by atoms with Gasteiger partial charge in [0.2, 0.25) is 0 Å². The standard InChI is InChI=1S/C46H56O8/c1-47-39-23-43(51-5)35-19-31(39)17-32-20-36(44(52-6)24-40(32)48-2)28-13-15-30(16-14-28)38-22-34(42(50-4)26-46(38)54-8)18-33-21-37(29-11-9-27(35)10-12-29)45(53-7)25-41(33)49-3/h19-30H,9-18H2,1-8H3/t27-,28-,29+,30+. The monoisotopic (exact) mass is 736 g/mol. The first-order valence-corrected chi connectivity index (χ1v) is 19.4. The van der Waals surface area contributed by atoms with Gasteiger partial charge >= 0.3 is 0 Å². The second kappa shape index (κ2) is 16.3. The minimum Gasteiger partial charge on any atom is -0.496 e. The molecule has 2 saturated carbocycles. The topological polar surface area (TPSA) is 73.8 Å². The van der Waals surface area contributed by atoms with Crippen LogP contribution in [0.2, 0.25) is 0 Å². The van der Waals surface area contributed by atoms with E-state index in [4.69, 9.17) is 37.9 Å². The highest BCUT2D eigenvalue weighted by molar-refractivity contribution is 5.56. The van der Waals surface area contributed by atoms with Crippen LogP contribution >= 0.6 is 0 Å². The molecule has 8 nitrogen and oxygen atoms in total. The molecule has 0 unspecified atom stereocenters. The van der Waals surface area contributed by atoms with Crippen molar-refractivity contribution in [3.05, 3.63) is 93.0 Å². The molecule has 6 aliphatic rings. The van der Waals surface area contributed by atoms with Crippen molar-refractivity contribution in [2.45, 2.75) is 87.9 Å². The van der Waals surface area contributed by atoms with Crippen molar-refractivity contribution >= 4 is 0 Å². The number of methoxy groups -OCH3 is 8. The molecule has 0 amide bonds. The summed E-state index contributed by atoms with van der Waals surface area (Å²) in [5.41, 5.74) is 9.46. The maximum absolute atomic E-state index is 6.03.